The minimum Gasteiger partial charge on any atom is -0.371 e. The van der Waals surface area contributed by atoms with Gasteiger partial charge in [0.05, 0.1) is 27.4 Å². The Morgan fingerprint density at radius 3 is 2.56 bits per heavy atom. The van der Waals surface area contributed by atoms with E-state index in [2.05, 4.69) is 80.3 Å². The molecule has 0 radical (unpaired) electrons. The van der Waals surface area contributed by atoms with Crippen LogP contribution in [0.4, 0.5) is 0 Å². The van der Waals surface area contributed by atoms with Crippen LogP contribution in [0.5, 0.6) is 0 Å². The second kappa shape index (κ2) is 13.0. The van der Waals surface area contributed by atoms with E-state index >= 15 is 0 Å². The molecule has 2 aromatic carbocycles. The van der Waals surface area contributed by atoms with Gasteiger partial charge in [-0.1, -0.05) is 80.8 Å². The summed E-state index contributed by atoms with van der Waals surface area (Å²) in [5.74, 6) is 0.695. The zero-order chi connectivity index (χ0) is 27.2. The van der Waals surface area contributed by atoms with Crippen LogP contribution >= 0.6 is 11.6 Å². The zero-order valence-corrected chi connectivity index (χ0v) is 24.6. The Bertz CT molecular complexity index is 1390. The zero-order valence-electron chi connectivity index (χ0n) is 23.8. The number of halogens is 1. The molecular formula is C35H42ClN3. The number of unbranched alkanes of at least 4 members (excludes halogenated alkanes) is 2. The topological polar surface area (TPSA) is 29.0 Å². The average molecular weight is 540 g/mol. The van der Waals surface area contributed by atoms with Crippen molar-refractivity contribution in [3.05, 3.63) is 88.1 Å². The fourth-order valence-electron chi connectivity index (χ4n) is 6.01. The first-order valence-electron chi connectivity index (χ1n) is 15.0. The van der Waals surface area contributed by atoms with E-state index in [1.54, 1.807) is 5.57 Å². The van der Waals surface area contributed by atoms with E-state index in [4.69, 9.17) is 21.6 Å². The summed E-state index contributed by atoms with van der Waals surface area (Å²) in [5.41, 5.74) is 10.1. The average Bonchev–Trinajstić information content (AvgIpc) is 2.96. The van der Waals surface area contributed by atoms with Crippen molar-refractivity contribution in [1.82, 2.24) is 14.9 Å². The van der Waals surface area contributed by atoms with Gasteiger partial charge in [0.25, 0.3) is 0 Å². The van der Waals surface area contributed by atoms with Crippen molar-refractivity contribution in [3.8, 4) is 11.3 Å². The van der Waals surface area contributed by atoms with Crippen molar-refractivity contribution >= 4 is 28.3 Å². The first kappa shape index (κ1) is 27.6. The predicted octanol–water partition coefficient (Wildman–Crippen LogP) is 9.73. The van der Waals surface area contributed by atoms with Crippen molar-refractivity contribution in [2.45, 2.75) is 78.6 Å². The van der Waals surface area contributed by atoms with Crippen molar-refractivity contribution < 1.29 is 0 Å². The van der Waals surface area contributed by atoms with E-state index in [1.807, 2.05) is 6.07 Å². The third-order valence-electron chi connectivity index (χ3n) is 8.16. The maximum atomic E-state index is 6.71. The monoisotopic (exact) mass is 539 g/mol. The van der Waals surface area contributed by atoms with E-state index in [-0.39, 0.29) is 0 Å². The summed E-state index contributed by atoms with van der Waals surface area (Å²) in [7, 11) is 0. The molecule has 3 nitrogen and oxygen atoms in total. The van der Waals surface area contributed by atoms with Crippen LogP contribution in [-0.2, 0) is 6.42 Å². The van der Waals surface area contributed by atoms with E-state index in [1.165, 1.54) is 49.8 Å². The maximum absolute atomic E-state index is 6.71. The highest BCUT2D eigenvalue weighted by atomic mass is 35.5. The largest absolute Gasteiger partial charge is 0.371 e. The molecule has 0 unspecified atom stereocenters. The standard InChI is InChI=1S/C35H42ClN3/c1-4-6-8-14-32-35(29-17-15-25(3)23-30(29)36)38-31-18-16-28(24-33(31)37-32)34(11-5-2)39-21-19-27(20-22-39)26-12-9-7-10-13-26/h9,11-13,15-18,23-24,27H,4-8,10,14,19-22H2,1-3H3. The van der Waals surface area contributed by atoms with Crippen LogP contribution in [0.2, 0.25) is 5.02 Å². The summed E-state index contributed by atoms with van der Waals surface area (Å²) in [6.45, 7) is 8.73. The minimum atomic E-state index is 0.695. The van der Waals surface area contributed by atoms with Crippen LogP contribution in [0.25, 0.3) is 28.0 Å². The molecule has 0 spiro atoms. The molecule has 39 heavy (non-hydrogen) atoms. The fourth-order valence-corrected chi connectivity index (χ4v) is 6.33. The predicted molar refractivity (Wildman–Crippen MR) is 167 cm³/mol. The fraction of sp³-hybridized carbons (Fsp3) is 0.429. The number of aryl methyl sites for hydroxylation is 2. The van der Waals surface area contributed by atoms with E-state index in [0.29, 0.717) is 5.92 Å². The molecule has 1 aromatic heterocycles. The molecule has 0 saturated carbocycles. The number of likely N-dealkylation sites (tertiary alicyclic amines) is 1. The number of aromatic nitrogens is 2. The Hall–Kier alpha value is -2.91. The summed E-state index contributed by atoms with van der Waals surface area (Å²) in [4.78, 5) is 13.0. The Balaban J connectivity index is 1.45. The molecule has 1 aliphatic carbocycles. The Morgan fingerprint density at radius 2 is 1.85 bits per heavy atom. The van der Waals surface area contributed by atoms with Gasteiger partial charge in [0.2, 0.25) is 0 Å². The van der Waals surface area contributed by atoms with Gasteiger partial charge >= 0.3 is 0 Å². The minimum absolute atomic E-state index is 0.695. The third-order valence-corrected chi connectivity index (χ3v) is 8.47. The highest BCUT2D eigenvalue weighted by molar-refractivity contribution is 6.33. The van der Waals surface area contributed by atoms with Crippen molar-refractivity contribution in [2.24, 2.45) is 5.92 Å². The molecule has 3 aromatic rings. The lowest BCUT2D eigenvalue weighted by Crippen LogP contribution is -2.33. The lowest BCUT2D eigenvalue weighted by Gasteiger charge is -2.36. The van der Waals surface area contributed by atoms with E-state index in [0.717, 1.165) is 70.9 Å². The molecule has 2 heterocycles. The molecule has 5 rings (SSSR count). The van der Waals surface area contributed by atoms with E-state index in [9.17, 15) is 0 Å². The SMILES string of the molecule is CCC=C(c1ccc2nc(-c3ccc(C)cc3Cl)c(CCCCC)nc2c1)N1CCC(C2=CCCC=C2)CC1. The highest BCUT2D eigenvalue weighted by Gasteiger charge is 2.24. The number of allylic oxidation sites excluding steroid dienone is 5. The number of hydrogen-bond donors (Lipinski definition) is 0. The normalized spacial score (nSPS) is 16.7. The van der Waals surface area contributed by atoms with Crippen LogP contribution in [0.1, 0.15) is 82.0 Å². The molecule has 204 valence electrons. The third kappa shape index (κ3) is 6.47. The molecule has 1 aliphatic heterocycles. The van der Waals surface area contributed by atoms with Gasteiger partial charge in [-0.3, -0.25) is 0 Å². The molecule has 4 heteroatoms. The molecule has 0 bridgehead atoms. The van der Waals surface area contributed by atoms with E-state index < -0.39 is 0 Å². The molecule has 1 fully saturated rings. The lowest BCUT2D eigenvalue weighted by molar-refractivity contribution is 0.279. The first-order chi connectivity index (χ1) is 19.1. The van der Waals surface area contributed by atoms with Gasteiger partial charge in [-0.05, 0) is 92.7 Å². The Labute approximate surface area is 239 Å². The van der Waals surface area contributed by atoms with Gasteiger partial charge in [0, 0.05) is 24.4 Å². The second-order valence-corrected chi connectivity index (χ2v) is 11.5. The van der Waals surface area contributed by atoms with Gasteiger partial charge in [0.1, 0.15) is 0 Å². The molecule has 0 N–H and O–H groups in total. The lowest BCUT2D eigenvalue weighted by atomic mass is 9.86. The van der Waals surface area contributed by atoms with Crippen molar-refractivity contribution in [2.75, 3.05) is 13.1 Å². The number of fused-ring (bicyclic) bond motifs is 1. The molecule has 0 atom stereocenters. The second-order valence-electron chi connectivity index (χ2n) is 11.1. The molecule has 0 amide bonds. The van der Waals surface area contributed by atoms with Gasteiger partial charge < -0.3 is 4.90 Å². The van der Waals surface area contributed by atoms with Gasteiger partial charge in [0.15, 0.2) is 0 Å². The summed E-state index contributed by atoms with van der Waals surface area (Å²) >= 11 is 6.71. The summed E-state index contributed by atoms with van der Waals surface area (Å²) in [6.07, 6.45) is 19.8. The summed E-state index contributed by atoms with van der Waals surface area (Å²) in [6, 6.07) is 12.9. The Kier molecular flexibility index (Phi) is 9.19. The maximum Gasteiger partial charge on any atom is 0.0940 e. The molecular weight excluding hydrogens is 498 g/mol. The number of nitrogens with zero attached hydrogens (tertiary/aromatic N) is 3. The van der Waals surface area contributed by atoms with Gasteiger partial charge in [-0.15, -0.1) is 0 Å². The number of piperidine rings is 1. The summed E-state index contributed by atoms with van der Waals surface area (Å²) < 4.78 is 0. The molecule has 1 saturated heterocycles. The van der Waals surface area contributed by atoms with Crippen LogP contribution in [0.3, 0.4) is 0 Å². The van der Waals surface area contributed by atoms with Crippen molar-refractivity contribution in [1.29, 1.82) is 0 Å². The van der Waals surface area contributed by atoms with Gasteiger partial charge in [-0.25, -0.2) is 9.97 Å². The van der Waals surface area contributed by atoms with Crippen LogP contribution in [0.15, 0.2) is 66.3 Å². The smallest absolute Gasteiger partial charge is 0.0940 e. The number of hydrogen-bond acceptors (Lipinski definition) is 3. The van der Waals surface area contributed by atoms with Crippen LogP contribution in [-0.4, -0.2) is 28.0 Å². The van der Waals surface area contributed by atoms with Crippen molar-refractivity contribution in [3.63, 3.8) is 0 Å². The Morgan fingerprint density at radius 1 is 1.00 bits per heavy atom. The highest BCUT2D eigenvalue weighted by Crippen LogP contribution is 2.34. The first-order valence-corrected chi connectivity index (χ1v) is 15.3. The summed E-state index contributed by atoms with van der Waals surface area (Å²) in [5, 5.41) is 0.744. The number of rotatable bonds is 9. The van der Waals surface area contributed by atoms with Crippen LogP contribution in [0, 0.1) is 12.8 Å². The number of benzene rings is 2. The van der Waals surface area contributed by atoms with Gasteiger partial charge in [-0.2, -0.15) is 0 Å². The van der Waals surface area contributed by atoms with Crippen LogP contribution < -0.4 is 0 Å². The quantitative estimate of drug-likeness (QED) is 0.253. The molecule has 2 aliphatic rings.